The minimum absolute atomic E-state index is 0. The molecular weight excluding hydrogens is 1250 g/mol. The summed E-state index contributed by atoms with van der Waals surface area (Å²) >= 11 is 0. The van der Waals surface area contributed by atoms with Crippen molar-refractivity contribution in [2.45, 2.75) is 123 Å². The second kappa shape index (κ2) is 27.2. The Labute approximate surface area is 402 Å². The van der Waals surface area contributed by atoms with Crippen molar-refractivity contribution in [2.24, 2.45) is 5.92 Å². The second-order valence-corrected chi connectivity index (χ2v) is 12.7. The summed E-state index contributed by atoms with van der Waals surface area (Å²) in [5.74, 6) is -25.1. The van der Waals surface area contributed by atoms with Crippen molar-refractivity contribution in [3.63, 3.8) is 0 Å². The summed E-state index contributed by atoms with van der Waals surface area (Å²) in [4.78, 5) is 0. The smallest absolute Gasteiger partial charge is 0.223 e. The lowest BCUT2D eigenvalue weighted by Crippen LogP contribution is -2.55. The van der Waals surface area contributed by atoms with Gasteiger partial charge in [0.1, 0.15) is 17.5 Å². The molecule has 45 heteroatoms. The third kappa shape index (κ3) is 23.2. The van der Waals surface area contributed by atoms with Crippen molar-refractivity contribution >= 4 is 0 Å². The Morgan fingerprint density at radius 1 is 0.359 bits per heavy atom. The van der Waals surface area contributed by atoms with Crippen molar-refractivity contribution in [3.8, 4) is 0 Å². The average Bonchev–Trinajstić information content (AvgIpc) is 3.12. The van der Waals surface area contributed by atoms with E-state index < -0.39 is 156 Å². The molecule has 0 aliphatic carbocycles. The summed E-state index contributed by atoms with van der Waals surface area (Å²) in [7, 11) is 0. The van der Waals surface area contributed by atoms with Crippen LogP contribution in [0.1, 0.15) is 20.8 Å². The maximum absolute atomic E-state index is 12.7. The van der Waals surface area contributed by atoms with Crippen molar-refractivity contribution < 1.29 is 198 Å². The topological polar surface area (TPSA) is 0 Å². The molecule has 0 fully saturated rings. The van der Waals surface area contributed by atoms with Gasteiger partial charge < -0.3 is 0 Å². The van der Waals surface area contributed by atoms with Gasteiger partial charge in [-0.2, -0.15) is 154 Å². The third-order valence-electron chi connectivity index (χ3n) is 6.93. The van der Waals surface area contributed by atoms with E-state index in [2.05, 4.69) is 19.7 Å². The first-order chi connectivity index (χ1) is 32.5. The molecule has 0 atom stereocenters. The molecule has 0 saturated carbocycles. The molecule has 0 saturated heterocycles. The molecule has 0 radical (unpaired) electrons. The van der Waals surface area contributed by atoms with E-state index in [1.807, 2.05) is 6.58 Å². The summed E-state index contributed by atoms with van der Waals surface area (Å²) in [6.45, 7) is 10.4. The molecule has 0 aromatic carbocycles. The van der Waals surface area contributed by atoms with Gasteiger partial charge in [0, 0.05) is 0 Å². The van der Waals surface area contributed by atoms with E-state index >= 15 is 0 Å². The lowest BCUT2D eigenvalue weighted by Gasteiger charge is -2.31. The van der Waals surface area contributed by atoms with Crippen LogP contribution in [0.4, 0.5) is 198 Å². The lowest BCUT2D eigenvalue weighted by atomic mass is 9.96. The Bertz CT molecular complexity index is 1820. The van der Waals surface area contributed by atoms with Crippen molar-refractivity contribution in [3.05, 3.63) is 74.4 Å². The van der Waals surface area contributed by atoms with E-state index in [1.54, 1.807) is 6.58 Å². The summed E-state index contributed by atoms with van der Waals surface area (Å²) < 4.78 is 525. The largest absolute Gasteiger partial charge is 0.457 e. The van der Waals surface area contributed by atoms with Gasteiger partial charge in [0.15, 0.2) is 5.83 Å². The molecule has 0 heterocycles. The number of allylic oxidation sites excluding steroid dienone is 7. The van der Waals surface area contributed by atoms with E-state index in [4.69, 9.17) is 0 Å². The molecule has 0 N–H and O–H groups in total. The minimum atomic E-state index is -6.62. The number of rotatable bonds is 8. The third-order valence-corrected chi connectivity index (χ3v) is 6.93. The molecule has 0 aliphatic heterocycles. The van der Waals surface area contributed by atoms with E-state index in [1.165, 1.54) is 0 Å². The van der Waals surface area contributed by atoms with Gasteiger partial charge in [0.25, 0.3) is 5.92 Å². The fourth-order valence-corrected chi connectivity index (χ4v) is 2.92. The van der Waals surface area contributed by atoms with Gasteiger partial charge in [0.05, 0.1) is 6.42 Å². The minimum Gasteiger partial charge on any atom is -0.223 e. The quantitative estimate of drug-likeness (QED) is 0.168. The van der Waals surface area contributed by atoms with E-state index in [0.29, 0.717) is 0 Å². The molecule has 0 aromatic heterocycles. The zero-order valence-electron chi connectivity index (χ0n) is 35.1. The van der Waals surface area contributed by atoms with Gasteiger partial charge in [-0.3, -0.25) is 0 Å². The lowest BCUT2D eigenvalue weighted by molar-refractivity contribution is -0.352. The zero-order chi connectivity index (χ0) is 65.2. The Balaban J connectivity index is -0.000000156. The van der Waals surface area contributed by atoms with Crippen molar-refractivity contribution in [2.75, 3.05) is 0 Å². The molecule has 0 nitrogen and oxygen atoms in total. The normalized spacial score (nSPS) is 14.6. The summed E-state index contributed by atoms with van der Waals surface area (Å²) in [5.41, 5.74) is -23.6. The highest BCUT2D eigenvalue weighted by Crippen LogP contribution is 2.54. The summed E-state index contributed by atoms with van der Waals surface area (Å²) in [5, 5.41) is 0. The van der Waals surface area contributed by atoms with Gasteiger partial charge in [-0.15, -0.1) is 0 Å². The number of halogens is 45. The highest BCUT2D eigenvalue weighted by Gasteiger charge is 2.78. The molecule has 0 rings (SSSR count). The molecule has 0 aliphatic rings. The first kappa shape index (κ1) is 87.2. The van der Waals surface area contributed by atoms with Crippen LogP contribution in [0.2, 0.25) is 0 Å². The van der Waals surface area contributed by atoms with Crippen LogP contribution >= 0.6 is 0 Å². The van der Waals surface area contributed by atoms with Gasteiger partial charge >= 0.3 is 96.5 Å². The number of alkyl halides is 41. The highest BCUT2D eigenvalue weighted by atomic mass is 19.5. The monoisotopic (exact) mass is 1270 g/mol. The van der Waals surface area contributed by atoms with Crippen molar-refractivity contribution in [1.82, 2.24) is 0 Å². The number of hydrogen-bond acceptors (Lipinski definition) is 0. The Morgan fingerprint density at radius 2 is 0.615 bits per heavy atom. The highest BCUT2D eigenvalue weighted by molar-refractivity contribution is 5.20. The van der Waals surface area contributed by atoms with Crippen LogP contribution in [0.5, 0.6) is 0 Å². The zero-order valence-corrected chi connectivity index (χ0v) is 35.1. The first-order valence-electron chi connectivity index (χ1n) is 16.4. The van der Waals surface area contributed by atoms with Crippen LogP contribution < -0.4 is 0 Å². The van der Waals surface area contributed by atoms with Gasteiger partial charge in [-0.05, 0) is 25.2 Å². The first-order valence-corrected chi connectivity index (χ1v) is 16.4. The average molecular weight is 1270 g/mol. The van der Waals surface area contributed by atoms with Crippen LogP contribution in [0, 0.1) is 5.92 Å². The van der Waals surface area contributed by atoms with E-state index in [9.17, 15) is 198 Å². The SMILES string of the molecule is C.C=C(F)C(C(F)(F)F)C(F)(F)F.C=C(F)C(F)(C(F)(F)F)C(F)(F)F.C=CC(F)(C(F)(F)F)C(F)(F)F.C=CC(F)(F)C(F)(F)F.C=CC(F)(F)CC(F)(C(F)(F)F)C(F)(F)F.CC(F)=C(F)C(F)(C(F)(F)F)C(F)(F)F. The van der Waals surface area contributed by atoms with Gasteiger partial charge in [0.2, 0.25) is 5.92 Å². The molecule has 0 unspecified atom stereocenters. The Morgan fingerprint density at radius 3 is 0.667 bits per heavy atom. The maximum atomic E-state index is 12.7. The molecular formula is C33H23F45. The fraction of sp³-hybridized carbons (Fsp3) is 0.636. The molecule has 0 spiro atoms. The van der Waals surface area contributed by atoms with Crippen LogP contribution in [0.25, 0.3) is 0 Å². The van der Waals surface area contributed by atoms with Gasteiger partial charge in [-0.1, -0.05) is 40.3 Å². The molecule has 0 amide bonds. The predicted molar refractivity (Wildman–Crippen MR) is 173 cm³/mol. The molecule has 470 valence electrons. The fourth-order valence-electron chi connectivity index (χ4n) is 2.92. The standard InChI is InChI=1S/C7H5F9.C6H3F9.C5H2F8.2C5H3F7.C4H3F5.CH4/c1-2-4(8,9)3-5(10,6(11,12)13)7(14,15)16;1-2(7)3(8)4(9,5(10,11)12)6(13,14)15;1-2(6)3(7,4(8,9)10)5(11,12)13;1-2-3(6,4(7,8)9)5(10,11)12;1-2(6)3(4(7,8)9)5(10,11)12;1-2-3(5,6)4(7,8)9;/h2H,1,3H2;1H3;1H2;2H,1H2;3H,1H2;2H,1H2;1H4. The second-order valence-electron chi connectivity index (χ2n) is 12.7. The van der Waals surface area contributed by atoms with Crippen LogP contribution in [0.15, 0.2) is 74.4 Å². The van der Waals surface area contributed by atoms with Crippen LogP contribution in [0.3, 0.4) is 0 Å². The molecule has 0 aromatic rings. The van der Waals surface area contributed by atoms with E-state index in [0.717, 1.165) is 0 Å². The maximum Gasteiger partial charge on any atom is 0.457 e. The molecule has 78 heavy (non-hydrogen) atoms. The predicted octanol–water partition coefficient (Wildman–Crippen LogP) is 20.5. The Hall–Kier alpha value is -4.71. The molecule has 0 bridgehead atoms. The summed E-state index contributed by atoms with van der Waals surface area (Å²) in [6, 6.07) is 0. The Kier molecular flexibility index (Phi) is 30.4. The summed E-state index contributed by atoms with van der Waals surface area (Å²) in [6.07, 6.45) is -72.7. The van der Waals surface area contributed by atoms with Crippen LogP contribution in [-0.2, 0) is 0 Å². The van der Waals surface area contributed by atoms with E-state index in [-0.39, 0.29) is 14.4 Å². The number of hydrogen-bond donors (Lipinski definition) is 0. The van der Waals surface area contributed by atoms with Crippen molar-refractivity contribution in [1.29, 1.82) is 0 Å². The van der Waals surface area contributed by atoms with Crippen LogP contribution in [-0.4, -0.2) is 102 Å². The van der Waals surface area contributed by atoms with Gasteiger partial charge in [-0.25, -0.2) is 43.9 Å².